The van der Waals surface area contributed by atoms with Gasteiger partial charge in [-0.3, -0.25) is 9.59 Å². The Morgan fingerprint density at radius 1 is 1.03 bits per heavy atom. The summed E-state index contributed by atoms with van der Waals surface area (Å²) in [5.41, 5.74) is 7.43. The van der Waals surface area contributed by atoms with E-state index in [9.17, 15) is 22.8 Å². The molecule has 6 nitrogen and oxygen atoms in total. The Labute approximate surface area is 184 Å². The monoisotopic (exact) mass is 449 g/mol. The maximum atomic E-state index is 12.4. The predicted molar refractivity (Wildman–Crippen MR) is 114 cm³/mol. The second-order valence-electron chi connectivity index (χ2n) is 7.85. The standard InChI is InChI=1S/C23H26F3N3O3/c24-23(25,26)15-32-20-7-3-18(4-8-20)22(31)28-19-5-1-16(2-6-19)9-12-29-13-10-17(11-14-29)21(27)30/h1-8,17H,9-15H2,(H2,27,30)(H,28,31). The van der Waals surface area contributed by atoms with Crippen molar-refractivity contribution in [3.63, 3.8) is 0 Å². The maximum Gasteiger partial charge on any atom is 0.422 e. The highest BCUT2D eigenvalue weighted by Gasteiger charge is 2.28. The Hall–Kier alpha value is -3.07. The third-order valence-electron chi connectivity index (χ3n) is 5.44. The number of nitrogens with one attached hydrogen (secondary N) is 1. The third-order valence-corrected chi connectivity index (χ3v) is 5.44. The van der Waals surface area contributed by atoms with Gasteiger partial charge in [0.05, 0.1) is 0 Å². The van der Waals surface area contributed by atoms with Gasteiger partial charge in [0.2, 0.25) is 5.91 Å². The van der Waals surface area contributed by atoms with Gasteiger partial charge in [0, 0.05) is 23.7 Å². The van der Waals surface area contributed by atoms with Gasteiger partial charge in [-0.15, -0.1) is 0 Å². The number of primary amides is 1. The molecule has 2 aromatic rings. The van der Waals surface area contributed by atoms with Crippen molar-refractivity contribution in [3.05, 3.63) is 59.7 Å². The lowest BCUT2D eigenvalue weighted by Gasteiger charge is -2.30. The average molecular weight is 449 g/mol. The van der Waals surface area contributed by atoms with E-state index >= 15 is 0 Å². The molecule has 0 aliphatic carbocycles. The van der Waals surface area contributed by atoms with E-state index in [0.29, 0.717) is 11.3 Å². The molecule has 3 N–H and O–H groups in total. The molecule has 0 radical (unpaired) electrons. The van der Waals surface area contributed by atoms with Crippen molar-refractivity contribution >= 4 is 17.5 Å². The zero-order chi connectivity index (χ0) is 23.1. The number of hydrogen-bond donors (Lipinski definition) is 2. The highest BCUT2D eigenvalue weighted by Crippen LogP contribution is 2.20. The molecular weight excluding hydrogens is 423 g/mol. The van der Waals surface area contributed by atoms with E-state index in [0.717, 1.165) is 44.5 Å². The van der Waals surface area contributed by atoms with E-state index in [4.69, 9.17) is 5.73 Å². The van der Waals surface area contributed by atoms with Crippen LogP contribution in [-0.4, -0.2) is 49.1 Å². The number of rotatable bonds is 8. The molecule has 1 heterocycles. The van der Waals surface area contributed by atoms with Crippen molar-refractivity contribution in [3.8, 4) is 5.75 Å². The number of likely N-dealkylation sites (tertiary alicyclic amines) is 1. The molecule has 0 spiro atoms. The first-order valence-corrected chi connectivity index (χ1v) is 10.4. The zero-order valence-corrected chi connectivity index (χ0v) is 17.5. The Morgan fingerprint density at radius 3 is 2.22 bits per heavy atom. The van der Waals surface area contributed by atoms with Crippen molar-refractivity contribution in [2.75, 3.05) is 31.6 Å². The summed E-state index contributed by atoms with van der Waals surface area (Å²) < 4.78 is 41.2. The number of carbonyl (C=O) groups is 2. The molecule has 2 amide bonds. The maximum absolute atomic E-state index is 12.4. The highest BCUT2D eigenvalue weighted by atomic mass is 19.4. The Kier molecular flexibility index (Phi) is 7.74. The molecule has 1 saturated heterocycles. The zero-order valence-electron chi connectivity index (χ0n) is 17.5. The number of carbonyl (C=O) groups excluding carboxylic acids is 2. The average Bonchev–Trinajstić information content (AvgIpc) is 2.77. The van der Waals surface area contributed by atoms with Crippen LogP contribution in [0.2, 0.25) is 0 Å². The van der Waals surface area contributed by atoms with Crippen molar-refractivity contribution in [2.24, 2.45) is 11.7 Å². The van der Waals surface area contributed by atoms with Crippen LogP contribution in [0, 0.1) is 5.92 Å². The van der Waals surface area contributed by atoms with Crippen LogP contribution in [0.25, 0.3) is 0 Å². The number of hydrogen-bond acceptors (Lipinski definition) is 4. The molecule has 2 aromatic carbocycles. The summed E-state index contributed by atoms with van der Waals surface area (Å²) in [6, 6.07) is 13.0. The molecular formula is C23H26F3N3O3. The number of ether oxygens (including phenoxy) is 1. The number of halogens is 3. The van der Waals surface area contributed by atoms with Gasteiger partial charge in [0.25, 0.3) is 5.91 Å². The van der Waals surface area contributed by atoms with Crippen LogP contribution in [0.5, 0.6) is 5.75 Å². The smallest absolute Gasteiger partial charge is 0.422 e. The van der Waals surface area contributed by atoms with Crippen molar-refractivity contribution < 1.29 is 27.5 Å². The molecule has 0 unspecified atom stereocenters. The highest BCUT2D eigenvalue weighted by molar-refractivity contribution is 6.04. The number of alkyl halides is 3. The van der Waals surface area contributed by atoms with Crippen LogP contribution in [0.3, 0.4) is 0 Å². The van der Waals surface area contributed by atoms with Crippen molar-refractivity contribution in [2.45, 2.75) is 25.4 Å². The molecule has 0 bridgehead atoms. The van der Waals surface area contributed by atoms with Gasteiger partial charge in [0.15, 0.2) is 6.61 Å². The molecule has 0 atom stereocenters. The first-order valence-electron chi connectivity index (χ1n) is 10.4. The summed E-state index contributed by atoms with van der Waals surface area (Å²) >= 11 is 0. The van der Waals surface area contributed by atoms with Crippen LogP contribution in [0.15, 0.2) is 48.5 Å². The fourth-order valence-corrected chi connectivity index (χ4v) is 3.55. The summed E-state index contributed by atoms with van der Waals surface area (Å²) in [6.45, 7) is 1.24. The normalized spacial score (nSPS) is 15.3. The van der Waals surface area contributed by atoms with Crippen LogP contribution in [-0.2, 0) is 11.2 Å². The quantitative estimate of drug-likeness (QED) is 0.645. The predicted octanol–water partition coefficient (Wildman–Crippen LogP) is 3.62. The van der Waals surface area contributed by atoms with Crippen molar-refractivity contribution in [1.29, 1.82) is 0 Å². The lowest BCUT2D eigenvalue weighted by atomic mass is 9.96. The molecule has 0 aromatic heterocycles. The number of piperidine rings is 1. The van der Waals surface area contributed by atoms with Crippen LogP contribution in [0.4, 0.5) is 18.9 Å². The van der Waals surface area contributed by atoms with Gasteiger partial charge in [-0.1, -0.05) is 12.1 Å². The second-order valence-corrected chi connectivity index (χ2v) is 7.85. The Bertz CT molecular complexity index is 907. The topological polar surface area (TPSA) is 84.7 Å². The lowest BCUT2D eigenvalue weighted by molar-refractivity contribution is -0.153. The van der Waals surface area contributed by atoms with Crippen LogP contribution < -0.4 is 15.8 Å². The van der Waals surface area contributed by atoms with Gasteiger partial charge in [0.1, 0.15) is 5.75 Å². The van der Waals surface area contributed by atoms with Gasteiger partial charge < -0.3 is 20.7 Å². The summed E-state index contributed by atoms with van der Waals surface area (Å²) in [6.07, 6.45) is -1.95. The molecule has 0 saturated carbocycles. The van der Waals surface area contributed by atoms with E-state index in [1.165, 1.54) is 24.3 Å². The summed E-state index contributed by atoms with van der Waals surface area (Å²) in [7, 11) is 0. The van der Waals surface area contributed by atoms with Crippen LogP contribution in [0.1, 0.15) is 28.8 Å². The fraction of sp³-hybridized carbons (Fsp3) is 0.391. The number of amides is 2. The van der Waals surface area contributed by atoms with E-state index in [1.54, 1.807) is 0 Å². The van der Waals surface area contributed by atoms with E-state index in [1.807, 2.05) is 24.3 Å². The SMILES string of the molecule is NC(=O)C1CCN(CCc2ccc(NC(=O)c3ccc(OCC(F)(F)F)cc3)cc2)CC1. The second kappa shape index (κ2) is 10.5. The number of anilines is 1. The molecule has 32 heavy (non-hydrogen) atoms. The minimum atomic E-state index is -4.41. The Morgan fingerprint density at radius 2 is 1.66 bits per heavy atom. The molecule has 1 aliphatic heterocycles. The first-order chi connectivity index (χ1) is 15.2. The van der Waals surface area contributed by atoms with E-state index in [-0.39, 0.29) is 23.5 Å². The fourth-order valence-electron chi connectivity index (χ4n) is 3.55. The minimum absolute atomic E-state index is 0.0160. The largest absolute Gasteiger partial charge is 0.484 e. The number of nitrogens with two attached hydrogens (primary N) is 1. The summed E-state index contributed by atoms with van der Waals surface area (Å²) in [5.74, 6) is -0.551. The third kappa shape index (κ3) is 7.26. The molecule has 172 valence electrons. The minimum Gasteiger partial charge on any atom is -0.484 e. The van der Waals surface area contributed by atoms with Gasteiger partial charge in [-0.25, -0.2) is 0 Å². The molecule has 3 rings (SSSR count). The lowest BCUT2D eigenvalue weighted by Crippen LogP contribution is -2.39. The van der Waals surface area contributed by atoms with Gasteiger partial charge in [-0.05, 0) is 74.3 Å². The van der Waals surface area contributed by atoms with Gasteiger partial charge >= 0.3 is 6.18 Å². The van der Waals surface area contributed by atoms with Crippen LogP contribution >= 0.6 is 0 Å². The first kappa shape index (κ1) is 23.6. The number of nitrogens with zero attached hydrogens (tertiary/aromatic N) is 1. The Balaban J connectivity index is 1.45. The summed E-state index contributed by atoms with van der Waals surface area (Å²) in [5, 5.41) is 2.77. The van der Waals surface area contributed by atoms with Gasteiger partial charge in [-0.2, -0.15) is 13.2 Å². The van der Waals surface area contributed by atoms with Crippen molar-refractivity contribution in [1.82, 2.24) is 4.90 Å². The van der Waals surface area contributed by atoms with E-state index < -0.39 is 12.8 Å². The summed E-state index contributed by atoms with van der Waals surface area (Å²) in [4.78, 5) is 25.9. The van der Waals surface area contributed by atoms with E-state index in [2.05, 4.69) is 15.0 Å². The number of benzene rings is 2. The molecule has 1 aliphatic rings. The molecule has 1 fully saturated rings. The molecule has 9 heteroatoms.